The molecule has 8 heteroatoms. The van der Waals surface area contributed by atoms with Crippen LogP contribution in [0.15, 0.2) is 35.7 Å². The Balaban J connectivity index is 1.24. The van der Waals surface area contributed by atoms with Gasteiger partial charge in [0, 0.05) is 48.5 Å². The van der Waals surface area contributed by atoms with Gasteiger partial charge in [-0.15, -0.1) is 11.3 Å². The van der Waals surface area contributed by atoms with Gasteiger partial charge in [-0.3, -0.25) is 0 Å². The lowest BCUT2D eigenvalue weighted by molar-refractivity contribution is 0.0959. The highest BCUT2D eigenvalue weighted by molar-refractivity contribution is 7.10. The summed E-state index contributed by atoms with van der Waals surface area (Å²) in [7, 11) is 0. The van der Waals surface area contributed by atoms with Crippen LogP contribution in [0.3, 0.4) is 0 Å². The summed E-state index contributed by atoms with van der Waals surface area (Å²) < 4.78 is 5.03. The normalized spacial score (nSPS) is 16.7. The van der Waals surface area contributed by atoms with Gasteiger partial charge in [0.25, 0.3) is 0 Å². The topological polar surface area (TPSA) is 73.9 Å². The molecule has 0 bridgehead atoms. The number of carbonyl (C=O) groups excluding carboxylic acids is 2. The van der Waals surface area contributed by atoms with Crippen molar-refractivity contribution in [1.82, 2.24) is 10.2 Å². The quantitative estimate of drug-likeness (QED) is 0.770. The number of benzene rings is 1. The van der Waals surface area contributed by atoms with Gasteiger partial charge in [0.1, 0.15) is 0 Å². The minimum absolute atomic E-state index is 0.0584. The SMILES string of the molecule is CCOC(=O)N1CCC(NC(=O)Nc2ccc(N3CCc4sccc4C3)cc2)CC1. The number of hydrogen-bond donors (Lipinski definition) is 2. The molecule has 0 aliphatic carbocycles. The van der Waals surface area contributed by atoms with Gasteiger partial charge < -0.3 is 25.2 Å². The van der Waals surface area contributed by atoms with Crippen LogP contribution >= 0.6 is 11.3 Å². The zero-order chi connectivity index (χ0) is 20.9. The number of likely N-dealkylation sites (tertiary alicyclic amines) is 1. The van der Waals surface area contributed by atoms with Crippen molar-refractivity contribution in [2.75, 3.05) is 36.5 Å². The number of nitrogens with zero attached hydrogens (tertiary/aromatic N) is 2. The first-order valence-corrected chi connectivity index (χ1v) is 11.4. The van der Waals surface area contributed by atoms with Crippen LogP contribution in [-0.2, 0) is 17.7 Å². The molecule has 3 amide bonds. The number of urea groups is 1. The van der Waals surface area contributed by atoms with E-state index in [0.29, 0.717) is 19.7 Å². The lowest BCUT2D eigenvalue weighted by Crippen LogP contribution is -2.47. The predicted octanol–water partition coefficient (Wildman–Crippen LogP) is 4.05. The fourth-order valence-electron chi connectivity index (χ4n) is 4.00. The first-order chi connectivity index (χ1) is 14.6. The van der Waals surface area contributed by atoms with Crippen LogP contribution in [0.25, 0.3) is 0 Å². The summed E-state index contributed by atoms with van der Waals surface area (Å²) in [6.45, 7) is 5.34. The Morgan fingerprint density at radius 1 is 1.13 bits per heavy atom. The molecule has 0 spiro atoms. The number of carbonyl (C=O) groups is 2. The standard InChI is InChI=1S/C22H28N4O3S/c1-2-29-22(28)25-11-7-18(8-12-25)24-21(27)23-17-3-5-19(6-4-17)26-13-9-20-16(15-26)10-14-30-20/h3-6,10,14,18H,2,7-9,11-13,15H2,1H3,(H2,23,24,27). The van der Waals surface area contributed by atoms with Crippen molar-refractivity contribution in [3.63, 3.8) is 0 Å². The van der Waals surface area contributed by atoms with Gasteiger partial charge in [0.05, 0.1) is 6.61 Å². The Bertz CT molecular complexity index is 875. The van der Waals surface area contributed by atoms with Gasteiger partial charge in [-0.05, 0) is 67.5 Å². The molecule has 0 radical (unpaired) electrons. The molecule has 30 heavy (non-hydrogen) atoms. The maximum Gasteiger partial charge on any atom is 0.409 e. The van der Waals surface area contributed by atoms with Gasteiger partial charge in [-0.1, -0.05) is 0 Å². The molecule has 2 N–H and O–H groups in total. The number of thiophene rings is 1. The fourth-order valence-corrected chi connectivity index (χ4v) is 4.89. The molecule has 1 fully saturated rings. The van der Waals surface area contributed by atoms with E-state index in [9.17, 15) is 9.59 Å². The average molecular weight is 429 g/mol. The van der Waals surface area contributed by atoms with E-state index in [1.54, 1.807) is 11.8 Å². The fraction of sp³-hybridized carbons (Fsp3) is 0.455. The van der Waals surface area contributed by atoms with E-state index in [1.165, 1.54) is 16.1 Å². The lowest BCUT2D eigenvalue weighted by Gasteiger charge is -2.31. The molecule has 0 atom stereocenters. The van der Waals surface area contributed by atoms with Gasteiger partial charge in [-0.2, -0.15) is 0 Å². The summed E-state index contributed by atoms with van der Waals surface area (Å²) in [5, 5.41) is 8.09. The Morgan fingerprint density at radius 2 is 1.90 bits per heavy atom. The van der Waals surface area contributed by atoms with E-state index < -0.39 is 0 Å². The molecular weight excluding hydrogens is 400 g/mol. The monoisotopic (exact) mass is 428 g/mol. The molecule has 0 saturated carbocycles. The zero-order valence-corrected chi connectivity index (χ0v) is 18.0. The third-order valence-corrected chi connectivity index (χ3v) is 6.68. The molecule has 2 aromatic rings. The van der Waals surface area contributed by atoms with Crippen LogP contribution in [-0.4, -0.2) is 49.3 Å². The van der Waals surface area contributed by atoms with Crippen LogP contribution < -0.4 is 15.5 Å². The zero-order valence-electron chi connectivity index (χ0n) is 17.2. The summed E-state index contributed by atoms with van der Waals surface area (Å²) in [6, 6.07) is 10.1. The Morgan fingerprint density at radius 3 is 2.63 bits per heavy atom. The summed E-state index contributed by atoms with van der Waals surface area (Å²) in [6.07, 6.45) is 2.27. The lowest BCUT2D eigenvalue weighted by atomic mass is 10.1. The van der Waals surface area contributed by atoms with Gasteiger partial charge >= 0.3 is 12.1 Å². The highest BCUT2D eigenvalue weighted by Crippen LogP contribution is 2.28. The van der Waals surface area contributed by atoms with E-state index in [2.05, 4.69) is 39.1 Å². The third kappa shape index (κ3) is 4.87. The second-order valence-corrected chi connectivity index (χ2v) is 8.65. The molecule has 160 valence electrons. The molecule has 2 aliphatic heterocycles. The van der Waals surface area contributed by atoms with E-state index in [1.807, 2.05) is 23.5 Å². The molecule has 4 rings (SSSR count). The number of anilines is 2. The Labute approximate surface area is 181 Å². The van der Waals surface area contributed by atoms with E-state index in [0.717, 1.165) is 38.0 Å². The van der Waals surface area contributed by atoms with Crippen molar-refractivity contribution in [2.24, 2.45) is 0 Å². The Hall–Kier alpha value is -2.74. The van der Waals surface area contributed by atoms with Crippen molar-refractivity contribution < 1.29 is 14.3 Å². The smallest absolute Gasteiger partial charge is 0.409 e. The first kappa shape index (κ1) is 20.5. The minimum atomic E-state index is -0.274. The number of amides is 3. The molecule has 3 heterocycles. The summed E-state index contributed by atoms with van der Waals surface area (Å²) >= 11 is 1.84. The van der Waals surface area contributed by atoms with E-state index in [4.69, 9.17) is 4.74 Å². The van der Waals surface area contributed by atoms with E-state index >= 15 is 0 Å². The molecule has 1 aromatic carbocycles. The number of hydrogen-bond acceptors (Lipinski definition) is 5. The van der Waals surface area contributed by atoms with Crippen LogP contribution in [0, 0.1) is 0 Å². The molecule has 2 aliphatic rings. The van der Waals surface area contributed by atoms with Gasteiger partial charge in [-0.25, -0.2) is 9.59 Å². The van der Waals surface area contributed by atoms with Crippen LogP contribution in [0.5, 0.6) is 0 Å². The number of rotatable bonds is 4. The Kier molecular flexibility index (Phi) is 6.42. The van der Waals surface area contributed by atoms with E-state index in [-0.39, 0.29) is 18.2 Å². The largest absolute Gasteiger partial charge is 0.450 e. The molecule has 0 unspecified atom stereocenters. The minimum Gasteiger partial charge on any atom is -0.450 e. The number of fused-ring (bicyclic) bond motifs is 1. The number of piperidine rings is 1. The van der Waals surface area contributed by atoms with Crippen LogP contribution in [0.4, 0.5) is 21.0 Å². The average Bonchev–Trinajstić information content (AvgIpc) is 3.23. The summed E-state index contributed by atoms with van der Waals surface area (Å²) in [5.41, 5.74) is 3.36. The number of nitrogens with one attached hydrogen (secondary N) is 2. The highest BCUT2D eigenvalue weighted by Gasteiger charge is 2.24. The molecule has 1 saturated heterocycles. The highest BCUT2D eigenvalue weighted by atomic mass is 32.1. The van der Waals surface area contributed by atoms with Crippen molar-refractivity contribution >= 4 is 34.8 Å². The van der Waals surface area contributed by atoms with Crippen molar-refractivity contribution in [1.29, 1.82) is 0 Å². The summed E-state index contributed by atoms with van der Waals surface area (Å²) in [5.74, 6) is 0. The van der Waals surface area contributed by atoms with Crippen molar-refractivity contribution in [3.05, 3.63) is 46.2 Å². The van der Waals surface area contributed by atoms with Crippen LogP contribution in [0.1, 0.15) is 30.2 Å². The third-order valence-electron chi connectivity index (χ3n) is 5.65. The van der Waals surface area contributed by atoms with Gasteiger partial charge in [0.15, 0.2) is 0 Å². The maximum absolute atomic E-state index is 12.4. The number of ether oxygens (including phenoxy) is 1. The van der Waals surface area contributed by atoms with Crippen molar-refractivity contribution in [3.8, 4) is 0 Å². The summed E-state index contributed by atoms with van der Waals surface area (Å²) in [4.78, 5) is 29.7. The first-order valence-electron chi connectivity index (χ1n) is 10.5. The molecule has 1 aromatic heterocycles. The van der Waals surface area contributed by atoms with Crippen molar-refractivity contribution in [2.45, 2.75) is 38.8 Å². The van der Waals surface area contributed by atoms with Gasteiger partial charge in [0.2, 0.25) is 0 Å². The van der Waals surface area contributed by atoms with Crippen LogP contribution in [0.2, 0.25) is 0 Å². The molecular formula is C22H28N4O3S. The predicted molar refractivity (Wildman–Crippen MR) is 119 cm³/mol. The second kappa shape index (κ2) is 9.38. The second-order valence-electron chi connectivity index (χ2n) is 7.65. The molecule has 7 nitrogen and oxygen atoms in total. The maximum atomic E-state index is 12.4.